The van der Waals surface area contributed by atoms with Gasteiger partial charge in [0.1, 0.15) is 40.1 Å². The van der Waals surface area contributed by atoms with Crippen molar-refractivity contribution in [1.29, 1.82) is 0 Å². The molecule has 0 heterocycles. The number of alkyl halides is 9. The van der Waals surface area contributed by atoms with E-state index >= 15 is 8.78 Å². The Balaban J connectivity index is 1.19. The van der Waals surface area contributed by atoms with Gasteiger partial charge in [-0.3, -0.25) is 0 Å². The maximum absolute atomic E-state index is 15.1. The highest BCUT2D eigenvalue weighted by Crippen LogP contribution is 2.42. The molecule has 5 rings (SSSR count). The molecular formula is C40H36F12O4. The Morgan fingerprint density at radius 2 is 1.12 bits per heavy atom. The fourth-order valence-corrected chi connectivity index (χ4v) is 6.43. The second kappa shape index (κ2) is 17.4. The molecule has 1 fully saturated rings. The van der Waals surface area contributed by atoms with Gasteiger partial charge in [0.15, 0.2) is 0 Å². The minimum Gasteiger partial charge on any atom is -0.429 e. The fraction of sp³-hybridized carbons (Fsp3) is 0.400. The van der Waals surface area contributed by atoms with E-state index in [1.54, 1.807) is 0 Å². The molecule has 0 aliphatic heterocycles. The SMILES string of the molecule is CCCCCCOC1CCC(c2ccc(-c3ccc(C(F)(F)Oc4ccc(C(F)(F)Oc5cc(F)c(C(F)(F)OC(F)(F)F)c(F)c5)c(F)c4)cc3)cc2)CC1. The largest absolute Gasteiger partial charge is 0.527 e. The zero-order valence-corrected chi connectivity index (χ0v) is 29.7. The van der Waals surface area contributed by atoms with E-state index in [9.17, 15) is 43.9 Å². The maximum atomic E-state index is 15.1. The van der Waals surface area contributed by atoms with Gasteiger partial charge in [-0.05, 0) is 79.0 Å². The van der Waals surface area contributed by atoms with Crippen LogP contribution in [0.1, 0.15) is 86.5 Å². The first-order valence-electron chi connectivity index (χ1n) is 17.7. The molecule has 0 spiro atoms. The molecule has 0 bridgehead atoms. The van der Waals surface area contributed by atoms with Crippen molar-refractivity contribution in [3.8, 4) is 22.6 Å². The molecule has 304 valence electrons. The predicted octanol–water partition coefficient (Wildman–Crippen LogP) is 13.2. The van der Waals surface area contributed by atoms with E-state index in [0.717, 1.165) is 56.4 Å². The van der Waals surface area contributed by atoms with Crippen molar-refractivity contribution < 1.29 is 71.6 Å². The number of halogens is 12. The number of ether oxygens (including phenoxy) is 4. The molecule has 0 N–H and O–H groups in total. The first kappa shape index (κ1) is 42.7. The third-order valence-electron chi connectivity index (χ3n) is 9.26. The summed E-state index contributed by atoms with van der Waals surface area (Å²) < 4.78 is 184. The lowest BCUT2D eigenvalue weighted by atomic mass is 9.82. The van der Waals surface area contributed by atoms with Crippen molar-refractivity contribution >= 4 is 0 Å². The first-order valence-corrected chi connectivity index (χ1v) is 17.7. The van der Waals surface area contributed by atoms with Crippen LogP contribution in [0.5, 0.6) is 11.5 Å². The van der Waals surface area contributed by atoms with Gasteiger partial charge in [-0.2, -0.15) is 26.3 Å². The number of hydrogen-bond donors (Lipinski definition) is 0. The van der Waals surface area contributed by atoms with E-state index in [-0.39, 0.29) is 30.4 Å². The summed E-state index contributed by atoms with van der Waals surface area (Å²) in [5, 5.41) is 0. The van der Waals surface area contributed by atoms with E-state index in [4.69, 9.17) is 4.74 Å². The van der Waals surface area contributed by atoms with Crippen molar-refractivity contribution in [2.75, 3.05) is 6.61 Å². The predicted molar refractivity (Wildman–Crippen MR) is 180 cm³/mol. The van der Waals surface area contributed by atoms with Crippen molar-refractivity contribution in [2.24, 2.45) is 0 Å². The van der Waals surface area contributed by atoms with Gasteiger partial charge in [0.05, 0.1) is 11.7 Å². The molecule has 0 amide bonds. The van der Waals surface area contributed by atoms with Crippen LogP contribution in [0.25, 0.3) is 11.1 Å². The smallest absolute Gasteiger partial charge is 0.429 e. The number of unbranched alkanes of at least 4 members (excludes halogenated alkanes) is 3. The summed E-state index contributed by atoms with van der Waals surface area (Å²) >= 11 is 0. The minimum absolute atomic E-state index is 0.157. The molecule has 0 unspecified atom stereocenters. The van der Waals surface area contributed by atoms with Crippen LogP contribution in [-0.4, -0.2) is 19.1 Å². The third kappa shape index (κ3) is 10.9. The molecule has 0 radical (unpaired) electrons. The fourth-order valence-electron chi connectivity index (χ4n) is 6.43. The lowest BCUT2D eigenvalue weighted by Gasteiger charge is -2.29. The van der Waals surface area contributed by atoms with Crippen LogP contribution in [-0.2, 0) is 27.8 Å². The van der Waals surface area contributed by atoms with Gasteiger partial charge in [0.25, 0.3) is 0 Å². The zero-order valence-electron chi connectivity index (χ0n) is 29.7. The quantitative estimate of drug-likeness (QED) is 0.0835. The first-order chi connectivity index (χ1) is 26.3. The zero-order chi connectivity index (χ0) is 40.9. The molecule has 1 saturated carbocycles. The maximum Gasteiger partial charge on any atom is 0.527 e. The number of benzene rings is 4. The summed E-state index contributed by atoms with van der Waals surface area (Å²) in [6, 6.07) is 13.1. The Kier molecular flexibility index (Phi) is 13.2. The van der Waals surface area contributed by atoms with Crippen LogP contribution >= 0.6 is 0 Å². The molecule has 1 aliphatic carbocycles. The van der Waals surface area contributed by atoms with Crippen molar-refractivity contribution in [3.63, 3.8) is 0 Å². The van der Waals surface area contributed by atoms with E-state index in [1.807, 2.05) is 24.3 Å². The Bertz CT molecular complexity index is 1880. The lowest BCUT2D eigenvalue weighted by molar-refractivity contribution is -0.432. The molecule has 4 aromatic carbocycles. The third-order valence-corrected chi connectivity index (χ3v) is 9.26. The van der Waals surface area contributed by atoms with Crippen LogP contribution in [0.15, 0.2) is 78.9 Å². The molecule has 56 heavy (non-hydrogen) atoms. The van der Waals surface area contributed by atoms with Crippen LogP contribution in [0.2, 0.25) is 0 Å². The molecule has 0 atom stereocenters. The van der Waals surface area contributed by atoms with Crippen molar-refractivity contribution in [3.05, 3.63) is 119 Å². The monoisotopic (exact) mass is 808 g/mol. The van der Waals surface area contributed by atoms with Crippen LogP contribution in [0, 0.1) is 17.5 Å². The summed E-state index contributed by atoms with van der Waals surface area (Å²) in [4.78, 5) is 0. The number of hydrogen-bond acceptors (Lipinski definition) is 4. The van der Waals surface area contributed by atoms with Crippen LogP contribution in [0.4, 0.5) is 52.7 Å². The highest BCUT2D eigenvalue weighted by Gasteiger charge is 2.50. The molecule has 4 aromatic rings. The molecule has 4 nitrogen and oxygen atoms in total. The molecular weight excluding hydrogens is 772 g/mol. The topological polar surface area (TPSA) is 36.9 Å². The Hall–Kier alpha value is -4.44. The second-order valence-electron chi connectivity index (χ2n) is 13.3. The van der Waals surface area contributed by atoms with Crippen molar-refractivity contribution in [1.82, 2.24) is 0 Å². The summed E-state index contributed by atoms with van der Waals surface area (Å²) in [5.74, 6) is -8.88. The van der Waals surface area contributed by atoms with Gasteiger partial charge in [-0.25, -0.2) is 17.9 Å². The molecule has 16 heteroatoms. The molecule has 0 saturated heterocycles. The standard InChI is InChI=1S/C40H36F12O4/c1-2-3-4-5-20-53-29-16-12-27(13-17-29)25-8-6-24(7-9-25)26-10-14-28(15-11-26)37(44,45)54-30-18-19-32(33(41)21-30)38(46,47)55-31-22-34(42)36(35(43)23-31)39(48,49)56-40(50,51)52/h6-11,14-15,18-19,21-23,27,29H,2-5,12-13,16-17,20H2,1H3. The van der Waals surface area contributed by atoms with Crippen molar-refractivity contribution in [2.45, 2.75) is 95.0 Å². The van der Waals surface area contributed by atoms with Gasteiger partial charge in [0.2, 0.25) is 0 Å². The Morgan fingerprint density at radius 3 is 1.68 bits per heavy atom. The highest BCUT2D eigenvalue weighted by atomic mass is 19.4. The number of rotatable bonds is 16. The highest BCUT2D eigenvalue weighted by molar-refractivity contribution is 5.64. The average molecular weight is 809 g/mol. The van der Waals surface area contributed by atoms with Gasteiger partial charge in [-0.1, -0.05) is 62.6 Å². The normalized spacial score (nSPS) is 16.9. The van der Waals surface area contributed by atoms with Gasteiger partial charge >= 0.3 is 24.7 Å². The van der Waals surface area contributed by atoms with Crippen LogP contribution < -0.4 is 9.47 Å². The average Bonchev–Trinajstić information content (AvgIpc) is 3.10. The Morgan fingerprint density at radius 1 is 0.571 bits per heavy atom. The summed E-state index contributed by atoms with van der Waals surface area (Å²) in [7, 11) is 0. The Labute approximate surface area is 314 Å². The van der Waals surface area contributed by atoms with E-state index < -0.39 is 70.3 Å². The minimum atomic E-state index is -6.04. The summed E-state index contributed by atoms with van der Waals surface area (Å²) in [6.07, 6.45) is -11.6. The van der Waals surface area contributed by atoms with Crippen LogP contribution in [0.3, 0.4) is 0 Å². The van der Waals surface area contributed by atoms with E-state index in [0.29, 0.717) is 17.5 Å². The lowest BCUT2D eigenvalue weighted by Crippen LogP contribution is -2.30. The second-order valence-corrected chi connectivity index (χ2v) is 13.3. The molecule has 1 aliphatic rings. The summed E-state index contributed by atoms with van der Waals surface area (Å²) in [5.41, 5.74) is -2.31. The van der Waals surface area contributed by atoms with Gasteiger partial charge in [0, 0.05) is 24.8 Å². The molecule has 0 aromatic heterocycles. The van der Waals surface area contributed by atoms with Gasteiger partial charge < -0.3 is 14.2 Å². The summed E-state index contributed by atoms with van der Waals surface area (Å²) in [6.45, 7) is 2.96. The van der Waals surface area contributed by atoms with E-state index in [1.165, 1.54) is 37.0 Å². The van der Waals surface area contributed by atoms with E-state index in [2.05, 4.69) is 21.1 Å². The van der Waals surface area contributed by atoms with Gasteiger partial charge in [-0.15, -0.1) is 13.2 Å².